The van der Waals surface area contributed by atoms with Crippen molar-refractivity contribution in [2.45, 2.75) is 27.4 Å². The van der Waals surface area contributed by atoms with Crippen molar-refractivity contribution in [3.8, 4) is 5.75 Å². The van der Waals surface area contributed by atoms with Gasteiger partial charge in [-0.05, 0) is 68.3 Å². The van der Waals surface area contributed by atoms with Gasteiger partial charge in [-0.15, -0.1) is 0 Å². The molecule has 4 rings (SSSR count). The van der Waals surface area contributed by atoms with Crippen molar-refractivity contribution in [3.05, 3.63) is 99.1 Å². The summed E-state index contributed by atoms with van der Waals surface area (Å²) in [5, 5.41) is 2.66. The van der Waals surface area contributed by atoms with E-state index < -0.39 is 17.8 Å². The van der Waals surface area contributed by atoms with E-state index in [9.17, 15) is 14.4 Å². The van der Waals surface area contributed by atoms with Gasteiger partial charge in [0.15, 0.2) is 0 Å². The fraction of sp³-hybridized carbons (Fsp3) is 0.148. The average molecular weight is 475 g/mol. The Morgan fingerprint density at radius 1 is 0.912 bits per heavy atom. The van der Waals surface area contributed by atoms with Crippen LogP contribution in [0.2, 0.25) is 5.02 Å². The average Bonchev–Trinajstić information content (AvgIpc) is 2.75. The Labute approximate surface area is 202 Å². The number of nitrogens with one attached hydrogen (secondary N) is 1. The monoisotopic (exact) mass is 474 g/mol. The number of amides is 4. The van der Waals surface area contributed by atoms with Crippen molar-refractivity contribution in [1.82, 2.24) is 5.32 Å². The highest BCUT2D eigenvalue weighted by Crippen LogP contribution is 2.29. The number of halogens is 1. The van der Waals surface area contributed by atoms with Crippen LogP contribution in [0.1, 0.15) is 27.8 Å². The van der Waals surface area contributed by atoms with Crippen LogP contribution in [-0.4, -0.2) is 17.8 Å². The summed E-state index contributed by atoms with van der Waals surface area (Å²) >= 11 is 6.20. The number of carbonyl (C=O) groups is 3. The Morgan fingerprint density at radius 3 is 2.35 bits per heavy atom. The van der Waals surface area contributed by atoms with Crippen molar-refractivity contribution < 1.29 is 19.1 Å². The van der Waals surface area contributed by atoms with Gasteiger partial charge < -0.3 is 4.74 Å². The predicted octanol–water partition coefficient (Wildman–Crippen LogP) is 5.51. The molecular weight excluding hydrogens is 452 g/mol. The topological polar surface area (TPSA) is 75.7 Å². The van der Waals surface area contributed by atoms with Gasteiger partial charge in [-0.3, -0.25) is 14.9 Å². The number of ether oxygens (including phenoxy) is 1. The molecule has 1 fully saturated rings. The molecule has 1 aliphatic rings. The molecule has 0 aliphatic carbocycles. The number of barbiturate groups is 1. The summed E-state index contributed by atoms with van der Waals surface area (Å²) in [7, 11) is 0. The summed E-state index contributed by atoms with van der Waals surface area (Å²) in [5.41, 5.74) is 4.75. The van der Waals surface area contributed by atoms with Gasteiger partial charge in [0, 0.05) is 10.6 Å². The molecule has 3 aromatic rings. The van der Waals surface area contributed by atoms with Gasteiger partial charge in [0.2, 0.25) is 0 Å². The van der Waals surface area contributed by atoms with Crippen LogP contribution in [0, 0.1) is 20.8 Å². The third-order valence-electron chi connectivity index (χ3n) is 5.31. The van der Waals surface area contributed by atoms with Crippen LogP contribution in [-0.2, 0) is 16.2 Å². The number of nitrogens with zero attached hydrogens (tertiary/aromatic N) is 1. The molecule has 0 bridgehead atoms. The Kier molecular flexibility index (Phi) is 6.52. The van der Waals surface area contributed by atoms with Gasteiger partial charge in [0.25, 0.3) is 11.8 Å². The molecular formula is C27H23ClN2O4. The van der Waals surface area contributed by atoms with E-state index in [1.54, 1.807) is 36.4 Å². The third-order valence-corrected chi connectivity index (χ3v) is 5.54. The lowest BCUT2D eigenvalue weighted by molar-refractivity contribution is -0.122. The van der Waals surface area contributed by atoms with Gasteiger partial charge in [-0.25, -0.2) is 9.69 Å². The number of carbonyl (C=O) groups excluding carboxylic acids is 3. The highest BCUT2D eigenvalue weighted by atomic mass is 35.5. The number of anilines is 1. The van der Waals surface area contributed by atoms with E-state index in [0.717, 1.165) is 27.2 Å². The molecule has 3 aromatic carbocycles. The summed E-state index contributed by atoms with van der Waals surface area (Å²) < 4.78 is 6.02. The lowest BCUT2D eigenvalue weighted by Crippen LogP contribution is -2.54. The highest BCUT2D eigenvalue weighted by Gasteiger charge is 2.37. The van der Waals surface area contributed by atoms with E-state index in [1.165, 1.54) is 6.08 Å². The second-order valence-electron chi connectivity index (χ2n) is 8.26. The number of aryl methyl sites for hydroxylation is 3. The molecule has 0 radical (unpaired) electrons. The van der Waals surface area contributed by atoms with E-state index >= 15 is 0 Å². The number of imide groups is 2. The summed E-state index contributed by atoms with van der Waals surface area (Å²) in [6.07, 6.45) is 1.40. The lowest BCUT2D eigenvalue weighted by Gasteiger charge is -2.26. The van der Waals surface area contributed by atoms with E-state index in [1.807, 2.05) is 39.0 Å². The zero-order valence-corrected chi connectivity index (χ0v) is 19.8. The Hall–Kier alpha value is -3.90. The molecule has 172 valence electrons. The van der Waals surface area contributed by atoms with Crippen LogP contribution in [0.15, 0.2) is 66.2 Å². The zero-order chi connectivity index (χ0) is 24.4. The molecule has 6 nitrogen and oxygen atoms in total. The van der Waals surface area contributed by atoms with Crippen molar-refractivity contribution in [2.75, 3.05) is 4.90 Å². The molecule has 0 unspecified atom stereocenters. The van der Waals surface area contributed by atoms with Gasteiger partial charge >= 0.3 is 6.03 Å². The molecule has 34 heavy (non-hydrogen) atoms. The van der Waals surface area contributed by atoms with Crippen molar-refractivity contribution in [3.63, 3.8) is 0 Å². The zero-order valence-electron chi connectivity index (χ0n) is 19.0. The second kappa shape index (κ2) is 9.53. The van der Waals surface area contributed by atoms with Crippen LogP contribution < -0.4 is 15.0 Å². The fourth-order valence-corrected chi connectivity index (χ4v) is 4.07. The number of urea groups is 1. The quantitative estimate of drug-likeness (QED) is 0.390. The van der Waals surface area contributed by atoms with Crippen molar-refractivity contribution in [1.29, 1.82) is 0 Å². The maximum absolute atomic E-state index is 13.2. The molecule has 1 aliphatic heterocycles. The van der Waals surface area contributed by atoms with Crippen LogP contribution in [0.4, 0.5) is 10.5 Å². The Morgan fingerprint density at radius 2 is 1.65 bits per heavy atom. The fourth-order valence-electron chi connectivity index (χ4n) is 3.89. The lowest BCUT2D eigenvalue weighted by atomic mass is 10.1. The molecule has 0 aromatic heterocycles. The van der Waals surface area contributed by atoms with Crippen LogP contribution in [0.25, 0.3) is 6.08 Å². The second-order valence-corrected chi connectivity index (χ2v) is 8.70. The van der Waals surface area contributed by atoms with Gasteiger partial charge in [-0.2, -0.15) is 0 Å². The number of rotatable bonds is 5. The van der Waals surface area contributed by atoms with Crippen LogP contribution in [0.5, 0.6) is 5.75 Å². The standard InChI is InChI=1S/C27H23ClN2O4/c1-16-5-4-6-22(12-16)30-26(32)23(25(31)29-27(30)33)14-20-13-21(28)7-8-24(20)34-15-19-10-17(2)9-18(3)11-19/h4-14H,15H2,1-3H3,(H,29,31,33)/b23-14+. The minimum Gasteiger partial charge on any atom is -0.488 e. The third kappa shape index (κ3) is 5.02. The Balaban J connectivity index is 1.68. The SMILES string of the molecule is Cc1cc(C)cc(COc2ccc(Cl)cc2/C=C2\C(=O)NC(=O)N(c3cccc(C)c3)C2=O)c1. The highest BCUT2D eigenvalue weighted by molar-refractivity contribution is 6.39. The summed E-state index contributed by atoms with van der Waals surface area (Å²) in [6.45, 7) is 6.18. The first-order valence-electron chi connectivity index (χ1n) is 10.7. The maximum atomic E-state index is 13.2. The summed E-state index contributed by atoms with van der Waals surface area (Å²) in [4.78, 5) is 39.2. The molecule has 4 amide bonds. The van der Waals surface area contributed by atoms with Gasteiger partial charge in [0.05, 0.1) is 5.69 Å². The van der Waals surface area contributed by atoms with Crippen molar-refractivity contribution in [2.24, 2.45) is 0 Å². The van der Waals surface area contributed by atoms with E-state index in [2.05, 4.69) is 11.4 Å². The van der Waals surface area contributed by atoms with E-state index in [-0.39, 0.29) is 5.57 Å². The normalized spacial score (nSPS) is 15.0. The summed E-state index contributed by atoms with van der Waals surface area (Å²) in [5.74, 6) is -1.05. The van der Waals surface area contributed by atoms with E-state index in [0.29, 0.717) is 28.6 Å². The minimum atomic E-state index is -0.796. The van der Waals surface area contributed by atoms with Gasteiger partial charge in [-0.1, -0.05) is 53.1 Å². The smallest absolute Gasteiger partial charge is 0.335 e. The molecule has 0 atom stereocenters. The number of hydrogen-bond acceptors (Lipinski definition) is 4. The van der Waals surface area contributed by atoms with Crippen LogP contribution in [0.3, 0.4) is 0 Å². The largest absolute Gasteiger partial charge is 0.488 e. The molecule has 1 saturated heterocycles. The first kappa shape index (κ1) is 23.3. The first-order chi connectivity index (χ1) is 16.2. The number of benzene rings is 3. The van der Waals surface area contributed by atoms with Gasteiger partial charge in [0.1, 0.15) is 17.9 Å². The Bertz CT molecular complexity index is 1330. The molecule has 7 heteroatoms. The van der Waals surface area contributed by atoms with Crippen molar-refractivity contribution >= 4 is 41.2 Å². The maximum Gasteiger partial charge on any atom is 0.335 e. The first-order valence-corrected chi connectivity index (χ1v) is 11.1. The molecule has 1 N–H and O–H groups in total. The van der Waals surface area contributed by atoms with Crippen LogP contribution >= 0.6 is 11.6 Å². The molecule has 1 heterocycles. The molecule has 0 spiro atoms. The minimum absolute atomic E-state index is 0.195. The molecule has 0 saturated carbocycles. The predicted molar refractivity (Wildman–Crippen MR) is 132 cm³/mol. The van der Waals surface area contributed by atoms with E-state index in [4.69, 9.17) is 16.3 Å². The number of hydrogen-bond donors (Lipinski definition) is 1. The summed E-state index contributed by atoms with van der Waals surface area (Å²) in [6, 6.07) is 17.2.